The molecule has 2 amide bonds. The molecule has 8 heteroatoms. The molecule has 2 aromatic carbocycles. The number of para-hydroxylation sites is 1. The third kappa shape index (κ3) is 4.12. The predicted molar refractivity (Wildman–Crippen MR) is 122 cm³/mol. The molecule has 0 bridgehead atoms. The van der Waals surface area contributed by atoms with Crippen LogP contribution in [0.1, 0.15) is 17.5 Å². The number of amides is 2. The summed E-state index contributed by atoms with van der Waals surface area (Å²) in [6.07, 6.45) is 2.42. The molecule has 0 aliphatic carbocycles. The molecule has 2 heterocycles. The molecule has 0 spiro atoms. The van der Waals surface area contributed by atoms with Crippen LogP contribution in [0.5, 0.6) is 0 Å². The van der Waals surface area contributed by atoms with Gasteiger partial charge in [-0.05, 0) is 43.5 Å². The first-order valence-corrected chi connectivity index (χ1v) is 10.4. The molecule has 1 aliphatic heterocycles. The van der Waals surface area contributed by atoms with Crippen molar-refractivity contribution in [2.45, 2.75) is 32.4 Å². The predicted octanol–water partition coefficient (Wildman–Crippen LogP) is 1.84. The summed E-state index contributed by atoms with van der Waals surface area (Å²) in [5.41, 5.74) is 2.32. The Morgan fingerprint density at radius 3 is 2.50 bits per heavy atom. The zero-order chi connectivity index (χ0) is 22.8. The van der Waals surface area contributed by atoms with Gasteiger partial charge in [0.15, 0.2) is 0 Å². The van der Waals surface area contributed by atoms with E-state index in [1.807, 2.05) is 55.5 Å². The summed E-state index contributed by atoms with van der Waals surface area (Å²) in [6.45, 7) is 1.68. The van der Waals surface area contributed by atoms with Gasteiger partial charge in [-0.3, -0.25) is 28.4 Å². The third-order valence-electron chi connectivity index (χ3n) is 5.71. The lowest BCUT2D eigenvalue weighted by molar-refractivity contribution is -0.124. The number of aryl methyl sites for hydroxylation is 2. The highest BCUT2D eigenvalue weighted by atomic mass is 16.2. The van der Waals surface area contributed by atoms with E-state index in [1.165, 1.54) is 28.8 Å². The molecule has 1 atom stereocenters. The molecule has 1 N–H and O–H groups in total. The van der Waals surface area contributed by atoms with E-state index in [0.29, 0.717) is 24.2 Å². The van der Waals surface area contributed by atoms with E-state index >= 15 is 0 Å². The molecule has 1 aliphatic rings. The van der Waals surface area contributed by atoms with Gasteiger partial charge in [-0.2, -0.15) is 0 Å². The minimum Gasteiger partial charge on any atom is -0.324 e. The van der Waals surface area contributed by atoms with Crippen LogP contribution in [-0.4, -0.2) is 27.0 Å². The Kier molecular flexibility index (Phi) is 5.77. The smallest absolute Gasteiger partial charge is 0.324 e. The van der Waals surface area contributed by atoms with E-state index in [4.69, 9.17) is 0 Å². The normalized spacial score (nSPS) is 15.2. The van der Waals surface area contributed by atoms with Crippen LogP contribution in [0.2, 0.25) is 0 Å². The molecule has 4 rings (SSSR count). The summed E-state index contributed by atoms with van der Waals surface area (Å²) in [5, 5.41) is 2.90. The highest BCUT2D eigenvalue weighted by Crippen LogP contribution is 2.31. The molecule has 0 saturated carbocycles. The Balaban J connectivity index is 1.66. The summed E-state index contributed by atoms with van der Waals surface area (Å²) in [5.74, 6) is -0.688. The average Bonchev–Trinajstić information content (AvgIpc) is 2.80. The first-order valence-electron chi connectivity index (χ1n) is 10.4. The largest absolute Gasteiger partial charge is 0.331 e. The van der Waals surface area contributed by atoms with E-state index in [2.05, 4.69) is 5.32 Å². The first kappa shape index (κ1) is 21.3. The Morgan fingerprint density at radius 1 is 1.03 bits per heavy atom. The highest BCUT2D eigenvalue weighted by molar-refractivity contribution is 6.05. The molecule has 1 aromatic heterocycles. The van der Waals surface area contributed by atoms with Crippen molar-refractivity contribution in [1.29, 1.82) is 0 Å². The fourth-order valence-electron chi connectivity index (χ4n) is 3.92. The number of rotatable bonds is 4. The van der Waals surface area contributed by atoms with Gasteiger partial charge in [0.05, 0.1) is 0 Å². The van der Waals surface area contributed by atoms with Crippen LogP contribution in [-0.2, 0) is 29.6 Å². The summed E-state index contributed by atoms with van der Waals surface area (Å²) in [6, 6.07) is 15.4. The minimum absolute atomic E-state index is 0.282. The number of nitrogens with one attached hydrogen (secondary N) is 1. The molecule has 0 saturated heterocycles. The Labute approximate surface area is 184 Å². The van der Waals surface area contributed by atoms with Crippen molar-refractivity contribution < 1.29 is 9.59 Å². The number of hydrogen-bond donors (Lipinski definition) is 1. The molecule has 8 nitrogen and oxygen atoms in total. The van der Waals surface area contributed by atoms with Crippen molar-refractivity contribution in [1.82, 2.24) is 9.13 Å². The number of fused-ring (bicyclic) bond motifs is 1. The number of hydrogen-bond acceptors (Lipinski definition) is 4. The van der Waals surface area contributed by atoms with Crippen molar-refractivity contribution >= 4 is 23.2 Å². The molecule has 0 radical (unpaired) electrons. The number of aromatic nitrogens is 2. The maximum absolute atomic E-state index is 13.4. The lowest BCUT2D eigenvalue weighted by Crippen LogP contribution is -2.52. The summed E-state index contributed by atoms with van der Waals surface area (Å²) in [7, 11) is 1.36. The Morgan fingerprint density at radius 2 is 1.75 bits per heavy atom. The summed E-state index contributed by atoms with van der Waals surface area (Å²) < 4.78 is 2.12. The first-order chi connectivity index (χ1) is 15.3. The van der Waals surface area contributed by atoms with Gasteiger partial charge in [-0.15, -0.1) is 0 Å². The number of anilines is 2. The lowest BCUT2D eigenvalue weighted by atomic mass is 9.95. The number of benzene rings is 2. The molecule has 1 unspecified atom stereocenters. The molecular weight excluding hydrogens is 408 g/mol. The summed E-state index contributed by atoms with van der Waals surface area (Å²) >= 11 is 0. The van der Waals surface area contributed by atoms with E-state index in [-0.39, 0.29) is 12.5 Å². The third-order valence-corrected chi connectivity index (χ3v) is 5.71. The Hall–Kier alpha value is -3.94. The van der Waals surface area contributed by atoms with Crippen LogP contribution in [0.15, 0.2) is 70.4 Å². The van der Waals surface area contributed by atoms with E-state index in [1.54, 1.807) is 0 Å². The van der Waals surface area contributed by atoms with Crippen molar-refractivity contribution in [3.63, 3.8) is 0 Å². The van der Waals surface area contributed by atoms with Gasteiger partial charge in [0, 0.05) is 30.7 Å². The fraction of sp³-hybridized carbons (Fsp3) is 0.250. The summed E-state index contributed by atoms with van der Waals surface area (Å²) in [4.78, 5) is 52.1. The van der Waals surface area contributed by atoms with E-state index in [0.717, 1.165) is 15.7 Å². The standard InChI is InChI=1S/C24H24N4O4/c1-16-7-10-18(11-8-16)25-23(31)20-12-9-17-5-3-4-6-19(17)28(20)22(30)15-27-14-13-21(29)26(2)24(27)32/h3-8,10-11,13-14,20H,9,12,15H2,1-2H3,(H,25,31). The number of carbonyl (C=O) groups excluding carboxylic acids is 2. The van der Waals surface area contributed by atoms with E-state index in [9.17, 15) is 19.2 Å². The SMILES string of the molecule is Cc1ccc(NC(=O)C2CCc3ccccc3N2C(=O)Cn2ccc(=O)n(C)c2=O)cc1. The maximum Gasteiger partial charge on any atom is 0.331 e. The van der Waals surface area contributed by atoms with Crippen molar-refractivity contribution in [2.24, 2.45) is 7.05 Å². The average molecular weight is 432 g/mol. The van der Waals surface area contributed by atoms with Gasteiger partial charge in [0.2, 0.25) is 11.8 Å². The van der Waals surface area contributed by atoms with Crippen molar-refractivity contribution in [2.75, 3.05) is 10.2 Å². The van der Waals surface area contributed by atoms with Crippen molar-refractivity contribution in [3.8, 4) is 0 Å². The molecule has 164 valence electrons. The Bertz CT molecular complexity index is 1290. The zero-order valence-electron chi connectivity index (χ0n) is 17.9. The fourth-order valence-corrected chi connectivity index (χ4v) is 3.92. The van der Waals surface area contributed by atoms with Gasteiger partial charge < -0.3 is 5.32 Å². The van der Waals surface area contributed by atoms with Crippen LogP contribution >= 0.6 is 0 Å². The van der Waals surface area contributed by atoms with Gasteiger partial charge in [0.25, 0.3) is 5.56 Å². The molecule has 3 aromatic rings. The molecule has 32 heavy (non-hydrogen) atoms. The lowest BCUT2D eigenvalue weighted by Gasteiger charge is -2.36. The monoisotopic (exact) mass is 432 g/mol. The second-order valence-electron chi connectivity index (χ2n) is 7.93. The highest BCUT2D eigenvalue weighted by Gasteiger charge is 2.35. The van der Waals surface area contributed by atoms with Gasteiger partial charge in [0.1, 0.15) is 12.6 Å². The van der Waals surface area contributed by atoms with Gasteiger partial charge in [-0.25, -0.2) is 4.79 Å². The maximum atomic E-state index is 13.4. The van der Waals surface area contributed by atoms with Gasteiger partial charge in [-0.1, -0.05) is 35.9 Å². The number of nitrogens with zero attached hydrogens (tertiary/aromatic N) is 3. The van der Waals surface area contributed by atoms with Crippen molar-refractivity contribution in [3.05, 3.63) is 92.8 Å². The molecule has 0 fully saturated rings. The van der Waals surface area contributed by atoms with Crippen LogP contribution in [0.3, 0.4) is 0 Å². The van der Waals surface area contributed by atoms with E-state index < -0.39 is 23.2 Å². The van der Waals surface area contributed by atoms with Crippen LogP contribution in [0, 0.1) is 6.92 Å². The minimum atomic E-state index is -0.720. The van der Waals surface area contributed by atoms with Crippen LogP contribution in [0.4, 0.5) is 11.4 Å². The second-order valence-corrected chi connectivity index (χ2v) is 7.93. The topological polar surface area (TPSA) is 93.4 Å². The van der Waals surface area contributed by atoms with Crippen LogP contribution < -0.4 is 21.5 Å². The second kappa shape index (κ2) is 8.66. The quantitative estimate of drug-likeness (QED) is 0.681. The van der Waals surface area contributed by atoms with Gasteiger partial charge >= 0.3 is 5.69 Å². The molecular formula is C24H24N4O4. The number of carbonyl (C=O) groups is 2. The van der Waals surface area contributed by atoms with Crippen LogP contribution in [0.25, 0.3) is 0 Å². The zero-order valence-corrected chi connectivity index (χ0v) is 17.9.